The van der Waals surface area contributed by atoms with E-state index in [2.05, 4.69) is 26.0 Å². The molecule has 1 fully saturated rings. The van der Waals surface area contributed by atoms with Gasteiger partial charge >= 0.3 is 0 Å². The third-order valence-electron chi connectivity index (χ3n) is 3.20. The van der Waals surface area contributed by atoms with Gasteiger partial charge in [0.1, 0.15) is 0 Å². The first-order chi connectivity index (χ1) is 7.26. The number of Topliss-reactive ketones (excluding diaryl/α,β-unsaturated/α-hetero) is 1. The first-order valence-corrected chi connectivity index (χ1v) is 5.92. The number of hydrogen-bond acceptors (Lipinski definition) is 1. The molecule has 0 spiro atoms. The highest BCUT2D eigenvalue weighted by molar-refractivity contribution is 5.99. The molecule has 0 heterocycles. The van der Waals surface area contributed by atoms with Crippen LogP contribution in [0.1, 0.15) is 48.2 Å². The first-order valence-electron chi connectivity index (χ1n) is 5.92. The minimum Gasteiger partial charge on any atom is -0.294 e. The van der Waals surface area contributed by atoms with Crippen LogP contribution in [0, 0.1) is 5.92 Å². The molecule has 0 aliphatic heterocycles. The minimum absolute atomic E-state index is 0.335. The number of carbonyl (C=O) groups is 1. The van der Waals surface area contributed by atoms with E-state index in [0.717, 1.165) is 31.2 Å². The highest BCUT2D eigenvalue weighted by Gasteiger charge is 2.30. The lowest BCUT2D eigenvalue weighted by molar-refractivity contribution is 0.0967. The second-order valence-electron chi connectivity index (χ2n) is 4.33. The van der Waals surface area contributed by atoms with E-state index in [1.54, 1.807) is 0 Å². The Morgan fingerprint density at radius 2 is 1.87 bits per heavy atom. The van der Waals surface area contributed by atoms with Crippen molar-refractivity contribution in [3.05, 3.63) is 34.9 Å². The van der Waals surface area contributed by atoms with E-state index in [-0.39, 0.29) is 0 Å². The van der Waals surface area contributed by atoms with Crippen LogP contribution in [0.25, 0.3) is 0 Å². The van der Waals surface area contributed by atoms with Gasteiger partial charge in [0.15, 0.2) is 5.78 Å². The fraction of sp³-hybridized carbons (Fsp3) is 0.500. The van der Waals surface area contributed by atoms with Crippen LogP contribution in [0.5, 0.6) is 0 Å². The smallest absolute Gasteiger partial charge is 0.165 e. The van der Waals surface area contributed by atoms with E-state index in [0.29, 0.717) is 11.7 Å². The van der Waals surface area contributed by atoms with Gasteiger partial charge in [-0.05, 0) is 42.9 Å². The molecule has 1 aromatic carbocycles. The summed E-state index contributed by atoms with van der Waals surface area (Å²) < 4.78 is 0. The van der Waals surface area contributed by atoms with Crippen molar-refractivity contribution in [3.63, 3.8) is 0 Å². The molecule has 0 amide bonds. The first kappa shape index (κ1) is 10.4. The minimum atomic E-state index is 0.335. The van der Waals surface area contributed by atoms with Crippen LogP contribution in [0.4, 0.5) is 0 Å². The summed E-state index contributed by atoms with van der Waals surface area (Å²) in [7, 11) is 0. The second kappa shape index (κ2) is 4.18. The Balaban J connectivity index is 2.29. The van der Waals surface area contributed by atoms with Crippen molar-refractivity contribution in [3.8, 4) is 0 Å². The second-order valence-corrected chi connectivity index (χ2v) is 4.33. The molecule has 80 valence electrons. The molecule has 1 aliphatic rings. The molecule has 0 aromatic heterocycles. The molecule has 0 atom stereocenters. The summed E-state index contributed by atoms with van der Waals surface area (Å²) >= 11 is 0. The summed E-state index contributed by atoms with van der Waals surface area (Å²) in [5.74, 6) is 0.689. The maximum atomic E-state index is 11.9. The molecule has 0 unspecified atom stereocenters. The largest absolute Gasteiger partial charge is 0.294 e. The standard InChI is InChI=1S/C14H18O/c1-3-10-5-8-13(9-11(10)4-2)14(15)12-6-7-12/h5,8-9,12H,3-4,6-7H2,1-2H3. The highest BCUT2D eigenvalue weighted by atomic mass is 16.1. The van der Waals surface area contributed by atoms with E-state index in [4.69, 9.17) is 0 Å². The number of hydrogen-bond donors (Lipinski definition) is 0. The monoisotopic (exact) mass is 202 g/mol. The Labute approximate surface area is 91.5 Å². The SMILES string of the molecule is CCc1ccc(C(=O)C2CC2)cc1CC. The van der Waals surface area contributed by atoms with Crippen LogP contribution >= 0.6 is 0 Å². The van der Waals surface area contributed by atoms with Gasteiger partial charge in [0, 0.05) is 11.5 Å². The molecule has 1 saturated carbocycles. The quantitative estimate of drug-likeness (QED) is 0.684. The molecule has 1 nitrogen and oxygen atoms in total. The lowest BCUT2D eigenvalue weighted by Gasteiger charge is -2.07. The highest BCUT2D eigenvalue weighted by Crippen LogP contribution is 2.33. The maximum absolute atomic E-state index is 11.9. The number of aryl methyl sites for hydroxylation is 2. The van der Waals surface area contributed by atoms with Gasteiger partial charge in [-0.15, -0.1) is 0 Å². The zero-order chi connectivity index (χ0) is 10.8. The van der Waals surface area contributed by atoms with E-state index in [1.165, 1.54) is 11.1 Å². The van der Waals surface area contributed by atoms with Gasteiger partial charge in [-0.1, -0.05) is 26.0 Å². The van der Waals surface area contributed by atoms with Gasteiger partial charge in [0.2, 0.25) is 0 Å². The zero-order valence-electron chi connectivity index (χ0n) is 9.55. The average molecular weight is 202 g/mol. The third-order valence-corrected chi connectivity index (χ3v) is 3.20. The van der Waals surface area contributed by atoms with Crippen LogP contribution in [0.15, 0.2) is 18.2 Å². The van der Waals surface area contributed by atoms with Crippen molar-refractivity contribution in [2.75, 3.05) is 0 Å². The Morgan fingerprint density at radius 1 is 1.20 bits per heavy atom. The molecule has 2 rings (SSSR count). The summed E-state index contributed by atoms with van der Waals surface area (Å²) in [4.78, 5) is 11.9. The summed E-state index contributed by atoms with van der Waals surface area (Å²) in [6, 6.07) is 6.21. The number of benzene rings is 1. The summed E-state index contributed by atoms with van der Waals surface area (Å²) in [5.41, 5.74) is 3.64. The Morgan fingerprint density at radius 3 is 2.40 bits per heavy atom. The Hall–Kier alpha value is -1.11. The van der Waals surface area contributed by atoms with Crippen LogP contribution in [-0.2, 0) is 12.8 Å². The van der Waals surface area contributed by atoms with E-state index in [1.807, 2.05) is 6.07 Å². The zero-order valence-corrected chi connectivity index (χ0v) is 9.55. The number of carbonyl (C=O) groups excluding carboxylic acids is 1. The van der Waals surface area contributed by atoms with Crippen molar-refractivity contribution < 1.29 is 4.79 Å². The van der Waals surface area contributed by atoms with Crippen molar-refractivity contribution in [2.45, 2.75) is 39.5 Å². The molecular formula is C14H18O. The molecule has 1 aliphatic carbocycles. The number of ketones is 1. The van der Waals surface area contributed by atoms with E-state index in [9.17, 15) is 4.79 Å². The van der Waals surface area contributed by atoms with Gasteiger partial charge < -0.3 is 0 Å². The Kier molecular flexibility index (Phi) is 2.90. The fourth-order valence-corrected chi connectivity index (χ4v) is 2.03. The van der Waals surface area contributed by atoms with Gasteiger partial charge in [0.25, 0.3) is 0 Å². The van der Waals surface area contributed by atoms with Gasteiger partial charge in [-0.3, -0.25) is 4.79 Å². The van der Waals surface area contributed by atoms with Crippen LogP contribution in [0.2, 0.25) is 0 Å². The number of rotatable bonds is 4. The van der Waals surface area contributed by atoms with Crippen molar-refractivity contribution in [1.29, 1.82) is 0 Å². The summed E-state index contributed by atoms with van der Waals surface area (Å²) in [6.45, 7) is 4.32. The van der Waals surface area contributed by atoms with Crippen LogP contribution in [-0.4, -0.2) is 5.78 Å². The molecule has 0 bridgehead atoms. The lowest BCUT2D eigenvalue weighted by Crippen LogP contribution is -2.03. The van der Waals surface area contributed by atoms with Crippen LogP contribution in [0.3, 0.4) is 0 Å². The van der Waals surface area contributed by atoms with E-state index >= 15 is 0 Å². The average Bonchev–Trinajstić information content (AvgIpc) is 3.11. The summed E-state index contributed by atoms with van der Waals surface area (Å²) in [5, 5.41) is 0. The maximum Gasteiger partial charge on any atom is 0.165 e. The molecular weight excluding hydrogens is 184 g/mol. The molecule has 0 N–H and O–H groups in total. The topological polar surface area (TPSA) is 17.1 Å². The molecule has 15 heavy (non-hydrogen) atoms. The fourth-order valence-electron chi connectivity index (χ4n) is 2.03. The van der Waals surface area contributed by atoms with Gasteiger partial charge in [-0.2, -0.15) is 0 Å². The van der Waals surface area contributed by atoms with E-state index < -0.39 is 0 Å². The van der Waals surface area contributed by atoms with Gasteiger partial charge in [-0.25, -0.2) is 0 Å². The predicted octanol–water partition coefficient (Wildman–Crippen LogP) is 3.40. The molecule has 0 saturated heterocycles. The van der Waals surface area contributed by atoms with Crippen molar-refractivity contribution in [1.82, 2.24) is 0 Å². The van der Waals surface area contributed by atoms with Crippen LogP contribution < -0.4 is 0 Å². The van der Waals surface area contributed by atoms with Gasteiger partial charge in [0.05, 0.1) is 0 Å². The molecule has 1 heteroatoms. The third kappa shape index (κ3) is 2.11. The summed E-state index contributed by atoms with van der Waals surface area (Å²) in [6.07, 6.45) is 4.27. The predicted molar refractivity (Wildman–Crippen MR) is 62.3 cm³/mol. The van der Waals surface area contributed by atoms with Crippen molar-refractivity contribution >= 4 is 5.78 Å². The molecule has 1 aromatic rings. The molecule has 0 radical (unpaired) electrons. The lowest BCUT2D eigenvalue weighted by atomic mass is 9.97. The van der Waals surface area contributed by atoms with Crippen molar-refractivity contribution in [2.24, 2.45) is 5.92 Å². The Bertz CT molecular complexity index is 375. The normalized spacial score (nSPS) is 15.3.